The number of hydrogen-bond donors (Lipinski definition) is 1. The highest BCUT2D eigenvalue weighted by Gasteiger charge is 2.11. The van der Waals surface area contributed by atoms with Crippen LogP contribution in [0, 0.1) is 0 Å². The van der Waals surface area contributed by atoms with Gasteiger partial charge in [-0.1, -0.05) is 6.07 Å². The summed E-state index contributed by atoms with van der Waals surface area (Å²) < 4.78 is 39.4. The number of ether oxygens (including phenoxy) is 3. The summed E-state index contributed by atoms with van der Waals surface area (Å²) in [7, 11) is 1.39. The molecule has 6 heteroatoms. The molecule has 21 heavy (non-hydrogen) atoms. The number of hydrogen-bond acceptors (Lipinski definition) is 4. The number of methoxy groups -OCH3 is 1. The van der Waals surface area contributed by atoms with Gasteiger partial charge in [-0.25, -0.2) is 0 Å². The van der Waals surface area contributed by atoms with Crippen molar-refractivity contribution in [3.05, 3.63) is 48.0 Å². The molecule has 0 aliphatic rings. The Balaban J connectivity index is 2.05. The molecule has 0 heterocycles. The third kappa shape index (κ3) is 4.24. The number of nitrogen functional groups attached to an aromatic ring is 1. The summed E-state index contributed by atoms with van der Waals surface area (Å²) in [6, 6.07) is 11.6. The molecule has 0 bridgehead atoms. The van der Waals surface area contributed by atoms with E-state index in [-0.39, 0.29) is 18.1 Å². The van der Waals surface area contributed by atoms with Gasteiger partial charge in [-0.05, 0) is 42.0 Å². The fourth-order valence-corrected chi connectivity index (χ4v) is 1.73. The van der Waals surface area contributed by atoms with Gasteiger partial charge in [0.1, 0.15) is 12.4 Å². The largest absolute Gasteiger partial charge is 0.493 e. The molecule has 0 saturated heterocycles. The molecule has 0 atom stereocenters. The fourth-order valence-electron chi connectivity index (χ4n) is 1.73. The van der Waals surface area contributed by atoms with E-state index in [9.17, 15) is 8.78 Å². The molecule has 0 aliphatic heterocycles. The summed E-state index contributed by atoms with van der Waals surface area (Å²) in [6.45, 7) is -2.62. The Bertz CT molecular complexity index is 588. The van der Waals surface area contributed by atoms with E-state index in [1.54, 1.807) is 36.4 Å². The Kier molecular flexibility index (Phi) is 4.81. The molecule has 2 rings (SSSR count). The summed E-state index contributed by atoms with van der Waals surface area (Å²) in [5, 5.41) is 0. The number of rotatable bonds is 6. The molecular formula is C15H15F2NO3. The maximum atomic E-state index is 12.2. The van der Waals surface area contributed by atoms with Crippen LogP contribution in [0.3, 0.4) is 0 Å². The molecule has 0 amide bonds. The van der Waals surface area contributed by atoms with Crippen LogP contribution in [0.4, 0.5) is 14.5 Å². The van der Waals surface area contributed by atoms with E-state index >= 15 is 0 Å². The van der Waals surface area contributed by atoms with Gasteiger partial charge in [0.2, 0.25) is 0 Å². The number of benzene rings is 2. The normalized spacial score (nSPS) is 10.5. The summed E-state index contributed by atoms with van der Waals surface area (Å²) >= 11 is 0. The molecule has 0 saturated carbocycles. The lowest BCUT2D eigenvalue weighted by molar-refractivity contribution is -0.0512. The maximum absolute atomic E-state index is 12.2. The first-order valence-electron chi connectivity index (χ1n) is 6.18. The molecule has 112 valence electrons. The maximum Gasteiger partial charge on any atom is 0.387 e. The van der Waals surface area contributed by atoms with Crippen LogP contribution in [0.1, 0.15) is 5.56 Å². The second-order valence-electron chi connectivity index (χ2n) is 4.22. The van der Waals surface area contributed by atoms with Gasteiger partial charge in [0, 0.05) is 5.69 Å². The number of anilines is 1. The third-order valence-electron chi connectivity index (χ3n) is 2.73. The predicted molar refractivity (Wildman–Crippen MR) is 74.8 cm³/mol. The van der Waals surface area contributed by atoms with Gasteiger partial charge in [0.05, 0.1) is 7.11 Å². The van der Waals surface area contributed by atoms with Gasteiger partial charge < -0.3 is 19.9 Å². The minimum atomic E-state index is -2.89. The van der Waals surface area contributed by atoms with Crippen molar-refractivity contribution >= 4 is 5.69 Å². The quantitative estimate of drug-likeness (QED) is 0.829. The molecule has 0 aliphatic carbocycles. The van der Waals surface area contributed by atoms with Crippen molar-refractivity contribution in [1.29, 1.82) is 0 Å². The van der Waals surface area contributed by atoms with Crippen molar-refractivity contribution in [1.82, 2.24) is 0 Å². The van der Waals surface area contributed by atoms with Crippen LogP contribution < -0.4 is 19.9 Å². The molecular weight excluding hydrogens is 280 g/mol. The zero-order valence-corrected chi connectivity index (χ0v) is 11.4. The van der Waals surface area contributed by atoms with Crippen LogP contribution in [0.15, 0.2) is 42.5 Å². The minimum absolute atomic E-state index is 0.0104. The van der Waals surface area contributed by atoms with Crippen molar-refractivity contribution in [2.45, 2.75) is 13.2 Å². The van der Waals surface area contributed by atoms with Gasteiger partial charge >= 0.3 is 6.61 Å². The Morgan fingerprint density at radius 3 is 2.38 bits per heavy atom. The Morgan fingerprint density at radius 2 is 1.76 bits per heavy atom. The second-order valence-corrected chi connectivity index (χ2v) is 4.22. The van der Waals surface area contributed by atoms with Crippen LogP contribution in [0.5, 0.6) is 17.2 Å². The Hall–Kier alpha value is -2.50. The molecule has 0 radical (unpaired) electrons. The van der Waals surface area contributed by atoms with Crippen molar-refractivity contribution in [3.63, 3.8) is 0 Å². The van der Waals surface area contributed by atoms with Gasteiger partial charge in [-0.15, -0.1) is 0 Å². The van der Waals surface area contributed by atoms with Crippen molar-refractivity contribution in [3.8, 4) is 17.2 Å². The smallest absolute Gasteiger partial charge is 0.387 e. The lowest BCUT2D eigenvalue weighted by Gasteiger charge is -2.12. The van der Waals surface area contributed by atoms with Crippen LogP contribution in [0.25, 0.3) is 0 Å². The van der Waals surface area contributed by atoms with Crippen molar-refractivity contribution < 1.29 is 23.0 Å². The second kappa shape index (κ2) is 6.78. The Labute approximate surface area is 121 Å². The first-order valence-corrected chi connectivity index (χ1v) is 6.18. The molecule has 2 aromatic rings. The van der Waals surface area contributed by atoms with Crippen LogP contribution >= 0.6 is 0 Å². The summed E-state index contributed by atoms with van der Waals surface area (Å²) in [6.07, 6.45) is 0. The van der Waals surface area contributed by atoms with Gasteiger partial charge in [-0.2, -0.15) is 8.78 Å². The first kappa shape index (κ1) is 14.9. The van der Waals surface area contributed by atoms with E-state index in [0.29, 0.717) is 11.4 Å². The van der Waals surface area contributed by atoms with Crippen molar-refractivity contribution in [2.24, 2.45) is 0 Å². The molecule has 0 unspecified atom stereocenters. The average Bonchev–Trinajstić information content (AvgIpc) is 2.47. The van der Waals surface area contributed by atoms with Crippen LogP contribution in [-0.4, -0.2) is 13.7 Å². The third-order valence-corrected chi connectivity index (χ3v) is 2.73. The first-order chi connectivity index (χ1) is 10.1. The summed E-state index contributed by atoms with van der Waals surface area (Å²) in [4.78, 5) is 0. The highest BCUT2D eigenvalue weighted by molar-refractivity contribution is 5.44. The van der Waals surface area contributed by atoms with E-state index in [0.717, 1.165) is 5.56 Å². The lowest BCUT2D eigenvalue weighted by Crippen LogP contribution is -2.04. The highest BCUT2D eigenvalue weighted by Crippen LogP contribution is 2.29. The standard InChI is InChI=1S/C15H15F2NO3/c1-19-14-8-10(2-7-13(14)21-15(16)17)9-20-12-5-3-11(18)4-6-12/h2-8,15H,9,18H2,1H3. The molecule has 0 aromatic heterocycles. The van der Waals surface area contributed by atoms with E-state index < -0.39 is 6.61 Å². The van der Waals surface area contributed by atoms with Crippen LogP contribution in [-0.2, 0) is 6.61 Å². The van der Waals surface area contributed by atoms with E-state index in [1.165, 1.54) is 13.2 Å². The molecule has 0 spiro atoms. The van der Waals surface area contributed by atoms with E-state index in [1.807, 2.05) is 0 Å². The molecule has 2 aromatic carbocycles. The SMILES string of the molecule is COc1cc(COc2ccc(N)cc2)ccc1OC(F)F. The number of halogens is 2. The monoisotopic (exact) mass is 295 g/mol. The fraction of sp³-hybridized carbons (Fsp3) is 0.200. The minimum Gasteiger partial charge on any atom is -0.493 e. The van der Waals surface area contributed by atoms with Gasteiger partial charge in [0.25, 0.3) is 0 Å². The Morgan fingerprint density at radius 1 is 1.05 bits per heavy atom. The zero-order chi connectivity index (χ0) is 15.2. The average molecular weight is 295 g/mol. The molecule has 0 fully saturated rings. The van der Waals surface area contributed by atoms with Gasteiger partial charge in [0.15, 0.2) is 11.5 Å². The molecule has 2 N–H and O–H groups in total. The lowest BCUT2D eigenvalue weighted by atomic mass is 10.2. The summed E-state index contributed by atoms with van der Waals surface area (Å²) in [5.41, 5.74) is 7.00. The van der Waals surface area contributed by atoms with Crippen LogP contribution in [0.2, 0.25) is 0 Å². The summed E-state index contributed by atoms with van der Waals surface area (Å²) in [5.74, 6) is 0.883. The van der Waals surface area contributed by atoms with Gasteiger partial charge in [-0.3, -0.25) is 0 Å². The topological polar surface area (TPSA) is 53.7 Å². The number of alkyl halides is 2. The van der Waals surface area contributed by atoms with E-state index in [2.05, 4.69) is 4.74 Å². The highest BCUT2D eigenvalue weighted by atomic mass is 19.3. The van der Waals surface area contributed by atoms with E-state index in [4.69, 9.17) is 15.2 Å². The zero-order valence-electron chi connectivity index (χ0n) is 11.4. The van der Waals surface area contributed by atoms with Crippen molar-refractivity contribution in [2.75, 3.05) is 12.8 Å². The molecule has 4 nitrogen and oxygen atoms in total. The number of nitrogens with two attached hydrogens (primary N) is 1. The predicted octanol–water partition coefficient (Wildman–Crippen LogP) is 3.46.